The standard InChI is InChI=1S/C12H18N6/c1-9-16-17-12-11(15-7-8-18(9)12)14-6-4-10-3-2-5-13-10/h7-8,10,13H,2-6H2,1H3,(H,14,15)/t10-/m1/s1. The van der Waals surface area contributed by atoms with Gasteiger partial charge >= 0.3 is 0 Å². The first-order valence-corrected chi connectivity index (χ1v) is 6.48. The summed E-state index contributed by atoms with van der Waals surface area (Å²) in [5.41, 5.74) is 0.800. The molecular formula is C12H18N6. The van der Waals surface area contributed by atoms with E-state index >= 15 is 0 Å². The zero-order valence-electron chi connectivity index (χ0n) is 10.6. The molecule has 0 aromatic carbocycles. The lowest BCUT2D eigenvalue weighted by Crippen LogP contribution is -2.24. The molecule has 0 bridgehead atoms. The summed E-state index contributed by atoms with van der Waals surface area (Å²) in [6.45, 7) is 4.00. The van der Waals surface area contributed by atoms with Gasteiger partial charge in [0, 0.05) is 25.0 Å². The molecule has 1 aliphatic rings. The van der Waals surface area contributed by atoms with E-state index in [0.29, 0.717) is 6.04 Å². The van der Waals surface area contributed by atoms with Crippen molar-refractivity contribution in [1.29, 1.82) is 0 Å². The minimum absolute atomic E-state index is 0.650. The second-order valence-corrected chi connectivity index (χ2v) is 4.73. The van der Waals surface area contributed by atoms with E-state index in [2.05, 4.69) is 25.8 Å². The van der Waals surface area contributed by atoms with Gasteiger partial charge in [-0.05, 0) is 32.7 Å². The van der Waals surface area contributed by atoms with Gasteiger partial charge in [0.1, 0.15) is 5.82 Å². The summed E-state index contributed by atoms with van der Waals surface area (Å²) in [6, 6.07) is 0.650. The average molecular weight is 246 g/mol. The maximum absolute atomic E-state index is 4.33. The summed E-state index contributed by atoms with van der Waals surface area (Å²) in [5, 5.41) is 15.0. The molecule has 1 saturated heterocycles. The van der Waals surface area contributed by atoms with Crippen LogP contribution in [0.3, 0.4) is 0 Å². The third-order valence-corrected chi connectivity index (χ3v) is 3.45. The van der Waals surface area contributed by atoms with Crippen LogP contribution >= 0.6 is 0 Å². The van der Waals surface area contributed by atoms with Crippen LogP contribution in [-0.4, -0.2) is 38.7 Å². The van der Waals surface area contributed by atoms with Crippen molar-refractivity contribution in [2.75, 3.05) is 18.4 Å². The first kappa shape index (κ1) is 11.4. The van der Waals surface area contributed by atoms with E-state index in [-0.39, 0.29) is 0 Å². The molecule has 1 atom stereocenters. The Bertz CT molecular complexity index is 528. The normalized spacial score (nSPS) is 19.5. The van der Waals surface area contributed by atoms with Crippen LogP contribution in [0.4, 0.5) is 5.82 Å². The highest BCUT2D eigenvalue weighted by Crippen LogP contribution is 2.13. The summed E-state index contributed by atoms with van der Waals surface area (Å²) < 4.78 is 1.95. The van der Waals surface area contributed by atoms with Crippen molar-refractivity contribution in [3.05, 3.63) is 18.2 Å². The van der Waals surface area contributed by atoms with E-state index in [9.17, 15) is 0 Å². The SMILES string of the molecule is Cc1nnc2c(NCC[C@H]3CCCN3)nccn12. The zero-order chi connectivity index (χ0) is 12.4. The zero-order valence-corrected chi connectivity index (χ0v) is 10.6. The van der Waals surface area contributed by atoms with Crippen LogP contribution < -0.4 is 10.6 Å². The van der Waals surface area contributed by atoms with Gasteiger partial charge in [-0.15, -0.1) is 10.2 Å². The topological polar surface area (TPSA) is 67.1 Å². The lowest BCUT2D eigenvalue weighted by Gasteiger charge is -2.11. The van der Waals surface area contributed by atoms with Crippen LogP contribution in [0.5, 0.6) is 0 Å². The Hall–Kier alpha value is -1.69. The smallest absolute Gasteiger partial charge is 0.203 e. The van der Waals surface area contributed by atoms with Gasteiger partial charge in [0.05, 0.1) is 0 Å². The Morgan fingerprint density at radius 2 is 2.44 bits per heavy atom. The van der Waals surface area contributed by atoms with Gasteiger partial charge in [0.15, 0.2) is 5.82 Å². The summed E-state index contributed by atoms with van der Waals surface area (Å²) in [7, 11) is 0. The lowest BCUT2D eigenvalue weighted by molar-refractivity contribution is 0.574. The Balaban J connectivity index is 1.66. The molecule has 0 aliphatic carbocycles. The minimum atomic E-state index is 0.650. The van der Waals surface area contributed by atoms with Crippen molar-refractivity contribution < 1.29 is 0 Å². The highest BCUT2D eigenvalue weighted by Gasteiger charge is 2.13. The highest BCUT2D eigenvalue weighted by molar-refractivity contribution is 5.61. The van der Waals surface area contributed by atoms with Crippen molar-refractivity contribution in [3.63, 3.8) is 0 Å². The van der Waals surface area contributed by atoms with Crippen molar-refractivity contribution >= 4 is 11.5 Å². The quantitative estimate of drug-likeness (QED) is 0.842. The van der Waals surface area contributed by atoms with E-state index < -0.39 is 0 Å². The monoisotopic (exact) mass is 246 g/mol. The van der Waals surface area contributed by atoms with E-state index in [1.54, 1.807) is 6.20 Å². The van der Waals surface area contributed by atoms with E-state index in [1.165, 1.54) is 12.8 Å². The Kier molecular flexibility index (Phi) is 3.10. The first-order chi connectivity index (χ1) is 8.84. The summed E-state index contributed by atoms with van der Waals surface area (Å²) in [6.07, 6.45) is 7.36. The molecule has 1 aliphatic heterocycles. The number of anilines is 1. The maximum atomic E-state index is 4.33. The summed E-state index contributed by atoms with van der Waals surface area (Å²) >= 11 is 0. The average Bonchev–Trinajstić information content (AvgIpc) is 3.01. The largest absolute Gasteiger partial charge is 0.367 e. The second-order valence-electron chi connectivity index (χ2n) is 4.73. The van der Waals surface area contributed by atoms with Crippen molar-refractivity contribution in [2.24, 2.45) is 0 Å². The molecular weight excluding hydrogens is 228 g/mol. The van der Waals surface area contributed by atoms with Gasteiger partial charge in [0.25, 0.3) is 0 Å². The van der Waals surface area contributed by atoms with Crippen LogP contribution in [-0.2, 0) is 0 Å². The summed E-state index contributed by atoms with van der Waals surface area (Å²) in [5.74, 6) is 1.70. The third kappa shape index (κ3) is 2.15. The van der Waals surface area contributed by atoms with Crippen molar-refractivity contribution in [3.8, 4) is 0 Å². The van der Waals surface area contributed by atoms with Crippen LogP contribution in [0.25, 0.3) is 5.65 Å². The maximum Gasteiger partial charge on any atom is 0.203 e. The molecule has 2 N–H and O–H groups in total. The van der Waals surface area contributed by atoms with Gasteiger partial charge in [-0.2, -0.15) is 0 Å². The van der Waals surface area contributed by atoms with Crippen LogP contribution in [0.15, 0.2) is 12.4 Å². The molecule has 18 heavy (non-hydrogen) atoms. The number of nitrogens with zero attached hydrogens (tertiary/aromatic N) is 4. The molecule has 0 amide bonds. The Labute approximate surface area is 106 Å². The van der Waals surface area contributed by atoms with Crippen molar-refractivity contribution in [2.45, 2.75) is 32.2 Å². The number of nitrogens with one attached hydrogen (secondary N) is 2. The number of aryl methyl sites for hydroxylation is 1. The summed E-state index contributed by atoms with van der Waals surface area (Å²) in [4.78, 5) is 4.33. The van der Waals surface area contributed by atoms with E-state index in [4.69, 9.17) is 0 Å². The lowest BCUT2D eigenvalue weighted by atomic mass is 10.1. The minimum Gasteiger partial charge on any atom is -0.367 e. The number of rotatable bonds is 4. The Morgan fingerprint density at radius 3 is 3.28 bits per heavy atom. The molecule has 96 valence electrons. The number of hydrogen-bond donors (Lipinski definition) is 2. The van der Waals surface area contributed by atoms with Gasteiger partial charge in [-0.25, -0.2) is 4.98 Å². The van der Waals surface area contributed by atoms with Gasteiger partial charge < -0.3 is 10.6 Å². The molecule has 6 nitrogen and oxygen atoms in total. The fourth-order valence-electron chi connectivity index (χ4n) is 2.43. The van der Waals surface area contributed by atoms with Crippen LogP contribution in [0.2, 0.25) is 0 Å². The van der Waals surface area contributed by atoms with Crippen molar-refractivity contribution in [1.82, 2.24) is 24.9 Å². The number of fused-ring (bicyclic) bond motifs is 1. The van der Waals surface area contributed by atoms with Crippen LogP contribution in [0, 0.1) is 6.92 Å². The highest BCUT2D eigenvalue weighted by atomic mass is 15.3. The predicted molar refractivity (Wildman–Crippen MR) is 69.7 cm³/mol. The van der Waals surface area contributed by atoms with E-state index in [1.807, 2.05) is 17.5 Å². The molecule has 0 unspecified atom stereocenters. The first-order valence-electron chi connectivity index (χ1n) is 6.48. The molecule has 0 saturated carbocycles. The molecule has 3 heterocycles. The van der Waals surface area contributed by atoms with Gasteiger partial charge in [0.2, 0.25) is 5.65 Å². The molecule has 2 aromatic heterocycles. The van der Waals surface area contributed by atoms with Gasteiger partial charge in [-0.3, -0.25) is 4.40 Å². The predicted octanol–water partition coefficient (Wildman–Crippen LogP) is 0.987. The number of hydrogen-bond acceptors (Lipinski definition) is 5. The molecule has 2 aromatic rings. The fraction of sp³-hybridized carbons (Fsp3) is 0.583. The second kappa shape index (κ2) is 4.89. The van der Waals surface area contributed by atoms with Gasteiger partial charge in [-0.1, -0.05) is 0 Å². The molecule has 0 radical (unpaired) electrons. The molecule has 1 fully saturated rings. The molecule has 3 rings (SSSR count). The van der Waals surface area contributed by atoms with E-state index in [0.717, 1.165) is 36.8 Å². The molecule has 0 spiro atoms. The van der Waals surface area contributed by atoms with Crippen LogP contribution in [0.1, 0.15) is 25.1 Å². The molecule has 6 heteroatoms. The Morgan fingerprint density at radius 1 is 1.50 bits per heavy atom. The third-order valence-electron chi connectivity index (χ3n) is 3.45. The fourth-order valence-corrected chi connectivity index (χ4v) is 2.43. The number of aromatic nitrogens is 4.